The molecule has 1 unspecified atom stereocenters. The summed E-state index contributed by atoms with van der Waals surface area (Å²) in [6, 6.07) is -0.198. The third-order valence-electron chi connectivity index (χ3n) is 2.18. The number of nitrogens with one attached hydrogen (secondary N) is 3. The second-order valence-corrected chi connectivity index (χ2v) is 5.33. The van der Waals surface area contributed by atoms with Crippen LogP contribution in [0.5, 0.6) is 0 Å². The SMILES string of the molecule is CCC(CC(=N)N)NS(=O)(=O)NC1CC1. The van der Waals surface area contributed by atoms with Crippen LogP contribution in [0.3, 0.4) is 0 Å². The van der Waals surface area contributed by atoms with Crippen LogP contribution in [-0.4, -0.2) is 26.3 Å². The van der Waals surface area contributed by atoms with E-state index in [4.69, 9.17) is 11.1 Å². The van der Waals surface area contributed by atoms with E-state index >= 15 is 0 Å². The van der Waals surface area contributed by atoms with Crippen molar-refractivity contribution in [3.8, 4) is 0 Å². The predicted octanol–water partition coefficient (Wildman–Crippen LogP) is -0.323. The molecule has 0 spiro atoms. The Balaban J connectivity index is 2.44. The molecule has 1 rings (SSSR count). The van der Waals surface area contributed by atoms with Crippen LogP contribution >= 0.6 is 0 Å². The van der Waals surface area contributed by atoms with E-state index in [2.05, 4.69) is 9.44 Å². The van der Waals surface area contributed by atoms with E-state index in [0.29, 0.717) is 6.42 Å². The van der Waals surface area contributed by atoms with Crippen LogP contribution in [0, 0.1) is 5.41 Å². The average molecular weight is 234 g/mol. The Morgan fingerprint density at radius 2 is 2.20 bits per heavy atom. The molecule has 0 aromatic rings. The van der Waals surface area contributed by atoms with Crippen LogP contribution in [0.15, 0.2) is 0 Å². The van der Waals surface area contributed by atoms with Crippen LogP contribution in [0.25, 0.3) is 0 Å². The standard InChI is InChI=1S/C8H18N4O2S/c1-2-6(5-8(9)10)11-15(13,14)12-7-3-4-7/h6-7,11-12H,2-5H2,1H3,(H3,9,10). The summed E-state index contributed by atoms with van der Waals surface area (Å²) in [5, 5.41) is 7.11. The van der Waals surface area contributed by atoms with Gasteiger partial charge in [0.1, 0.15) is 0 Å². The van der Waals surface area contributed by atoms with Crippen molar-refractivity contribution >= 4 is 16.0 Å². The molecule has 5 N–H and O–H groups in total. The van der Waals surface area contributed by atoms with Crippen LogP contribution in [-0.2, 0) is 10.2 Å². The molecule has 1 aliphatic rings. The van der Waals surface area contributed by atoms with Gasteiger partial charge in [0.15, 0.2) is 0 Å². The van der Waals surface area contributed by atoms with Gasteiger partial charge in [-0.25, -0.2) is 0 Å². The molecule has 0 saturated heterocycles. The number of nitrogens with two attached hydrogens (primary N) is 1. The molecule has 7 heteroatoms. The van der Waals surface area contributed by atoms with Gasteiger partial charge in [-0.3, -0.25) is 5.41 Å². The molecular formula is C8H18N4O2S. The number of hydrogen-bond acceptors (Lipinski definition) is 3. The summed E-state index contributed by atoms with van der Waals surface area (Å²) in [6.45, 7) is 1.85. The van der Waals surface area contributed by atoms with Crippen molar-refractivity contribution in [3.63, 3.8) is 0 Å². The topological polar surface area (TPSA) is 108 Å². The highest BCUT2D eigenvalue weighted by atomic mass is 32.2. The summed E-state index contributed by atoms with van der Waals surface area (Å²) < 4.78 is 28.0. The first-order valence-electron chi connectivity index (χ1n) is 5.05. The van der Waals surface area contributed by atoms with Gasteiger partial charge in [-0.2, -0.15) is 17.9 Å². The normalized spacial score (nSPS) is 18.7. The minimum Gasteiger partial charge on any atom is -0.388 e. The third-order valence-corrected chi connectivity index (χ3v) is 3.47. The van der Waals surface area contributed by atoms with Crippen molar-refractivity contribution in [2.75, 3.05) is 0 Å². The zero-order valence-electron chi connectivity index (χ0n) is 8.79. The van der Waals surface area contributed by atoms with Gasteiger partial charge < -0.3 is 5.73 Å². The Hall–Kier alpha value is -0.660. The Bertz CT molecular complexity index is 324. The fraction of sp³-hybridized carbons (Fsp3) is 0.875. The summed E-state index contributed by atoms with van der Waals surface area (Å²) in [6.07, 6.45) is 2.68. The van der Waals surface area contributed by atoms with Crippen LogP contribution in [0.2, 0.25) is 0 Å². The van der Waals surface area contributed by atoms with Gasteiger partial charge in [-0.15, -0.1) is 0 Å². The lowest BCUT2D eigenvalue weighted by atomic mass is 10.1. The first kappa shape index (κ1) is 12.4. The van der Waals surface area contributed by atoms with Crippen molar-refractivity contribution in [1.29, 1.82) is 5.41 Å². The van der Waals surface area contributed by atoms with Crippen molar-refractivity contribution in [1.82, 2.24) is 9.44 Å². The Morgan fingerprint density at radius 1 is 1.60 bits per heavy atom. The second-order valence-electron chi connectivity index (χ2n) is 3.85. The molecule has 0 bridgehead atoms. The molecule has 0 aromatic carbocycles. The number of rotatable bonds is 7. The van der Waals surface area contributed by atoms with Crippen molar-refractivity contribution in [3.05, 3.63) is 0 Å². The van der Waals surface area contributed by atoms with Gasteiger partial charge in [0.05, 0.1) is 5.84 Å². The van der Waals surface area contributed by atoms with Gasteiger partial charge in [0.25, 0.3) is 10.2 Å². The lowest BCUT2D eigenvalue weighted by Crippen LogP contribution is -2.44. The monoisotopic (exact) mass is 234 g/mol. The lowest BCUT2D eigenvalue weighted by molar-refractivity contribution is 0.532. The third kappa shape index (κ3) is 5.10. The molecule has 1 atom stereocenters. The minimum absolute atomic E-state index is 0.00373. The zero-order chi connectivity index (χ0) is 11.5. The molecular weight excluding hydrogens is 216 g/mol. The maximum Gasteiger partial charge on any atom is 0.277 e. The molecule has 0 radical (unpaired) electrons. The Morgan fingerprint density at radius 3 is 2.60 bits per heavy atom. The number of hydrogen-bond donors (Lipinski definition) is 4. The maximum atomic E-state index is 11.5. The van der Waals surface area contributed by atoms with Gasteiger partial charge in [0.2, 0.25) is 0 Å². The molecule has 0 aliphatic heterocycles. The quantitative estimate of drug-likeness (QED) is 0.358. The van der Waals surface area contributed by atoms with Crippen LogP contribution in [0.1, 0.15) is 32.6 Å². The molecule has 15 heavy (non-hydrogen) atoms. The molecule has 0 heterocycles. The largest absolute Gasteiger partial charge is 0.388 e. The summed E-state index contributed by atoms with van der Waals surface area (Å²) >= 11 is 0. The highest BCUT2D eigenvalue weighted by Gasteiger charge is 2.28. The van der Waals surface area contributed by atoms with Crippen molar-refractivity contribution < 1.29 is 8.42 Å². The fourth-order valence-corrected chi connectivity index (χ4v) is 2.64. The fourth-order valence-electron chi connectivity index (χ4n) is 1.21. The first-order valence-corrected chi connectivity index (χ1v) is 6.53. The first-order chi connectivity index (χ1) is 6.93. The summed E-state index contributed by atoms with van der Waals surface area (Å²) in [5.74, 6) is -0.00373. The molecule has 88 valence electrons. The van der Waals surface area contributed by atoms with Crippen molar-refractivity contribution in [2.45, 2.75) is 44.7 Å². The van der Waals surface area contributed by atoms with Gasteiger partial charge >= 0.3 is 0 Å². The molecule has 6 nitrogen and oxygen atoms in total. The Kier molecular flexibility index (Phi) is 4.06. The van der Waals surface area contributed by atoms with E-state index in [-0.39, 0.29) is 24.3 Å². The van der Waals surface area contributed by atoms with Crippen molar-refractivity contribution in [2.24, 2.45) is 5.73 Å². The van der Waals surface area contributed by atoms with E-state index in [1.165, 1.54) is 0 Å². The van der Waals surface area contributed by atoms with E-state index in [9.17, 15) is 8.42 Å². The second kappa shape index (κ2) is 4.91. The smallest absolute Gasteiger partial charge is 0.277 e. The minimum atomic E-state index is -3.43. The van der Waals surface area contributed by atoms with E-state index in [0.717, 1.165) is 12.8 Å². The highest BCUT2D eigenvalue weighted by Crippen LogP contribution is 2.19. The lowest BCUT2D eigenvalue weighted by Gasteiger charge is -2.16. The van der Waals surface area contributed by atoms with Crippen LogP contribution < -0.4 is 15.2 Å². The average Bonchev–Trinajstić information content (AvgIpc) is 2.84. The van der Waals surface area contributed by atoms with E-state index < -0.39 is 10.2 Å². The predicted molar refractivity (Wildman–Crippen MR) is 58.8 cm³/mol. The van der Waals surface area contributed by atoms with E-state index in [1.807, 2.05) is 6.92 Å². The summed E-state index contributed by atoms with van der Waals surface area (Å²) in [4.78, 5) is 0. The number of amidine groups is 1. The summed E-state index contributed by atoms with van der Waals surface area (Å²) in [7, 11) is -3.43. The van der Waals surface area contributed by atoms with Gasteiger partial charge in [0, 0.05) is 18.5 Å². The maximum absolute atomic E-state index is 11.5. The highest BCUT2D eigenvalue weighted by molar-refractivity contribution is 7.87. The molecule has 1 fully saturated rings. The molecule has 0 aromatic heterocycles. The molecule has 1 aliphatic carbocycles. The molecule has 1 saturated carbocycles. The zero-order valence-corrected chi connectivity index (χ0v) is 9.60. The Labute approximate surface area is 90.3 Å². The van der Waals surface area contributed by atoms with Gasteiger partial charge in [-0.1, -0.05) is 6.92 Å². The van der Waals surface area contributed by atoms with E-state index in [1.54, 1.807) is 0 Å². The van der Waals surface area contributed by atoms with Gasteiger partial charge in [-0.05, 0) is 19.3 Å². The molecule has 0 amide bonds. The van der Waals surface area contributed by atoms with Crippen LogP contribution in [0.4, 0.5) is 0 Å². The summed E-state index contributed by atoms with van der Waals surface area (Å²) in [5.41, 5.74) is 5.23.